The minimum Gasteiger partial charge on any atom is -0.315 e. The molecule has 5 heteroatoms. The maximum Gasteiger partial charge on any atom is 0.0110 e. The fourth-order valence-corrected chi connectivity index (χ4v) is 2.53. The van der Waals surface area contributed by atoms with E-state index in [2.05, 4.69) is 20.4 Å². The summed E-state index contributed by atoms with van der Waals surface area (Å²) in [5.41, 5.74) is 0. The molecule has 2 unspecified atom stereocenters. The van der Waals surface area contributed by atoms with E-state index in [0.29, 0.717) is 0 Å². The predicted octanol–water partition coefficient (Wildman–Crippen LogP) is -0.425. The summed E-state index contributed by atoms with van der Waals surface area (Å²) < 4.78 is 0. The van der Waals surface area contributed by atoms with E-state index in [9.17, 15) is 0 Å². The van der Waals surface area contributed by atoms with E-state index in [1.807, 2.05) is 0 Å². The third kappa shape index (κ3) is 6.18. The zero-order valence-electron chi connectivity index (χ0n) is 10.8. The van der Waals surface area contributed by atoms with Gasteiger partial charge in [-0.15, -0.1) is 0 Å². The Kier molecular flexibility index (Phi) is 8.44. The van der Waals surface area contributed by atoms with Gasteiger partial charge < -0.3 is 20.4 Å². The molecule has 4 nitrogen and oxygen atoms in total. The van der Waals surface area contributed by atoms with Crippen molar-refractivity contribution in [2.45, 2.75) is 12.8 Å². The number of hydrogen-bond donors (Lipinski definition) is 2. The Hall–Kier alpha value is 0.359. The molecule has 2 heterocycles. The third-order valence-electron chi connectivity index (χ3n) is 3.60. The van der Waals surface area contributed by atoms with Gasteiger partial charge in [-0.1, -0.05) is 0 Å². The molecule has 1 radical (unpaired) electrons. The quantitative estimate of drug-likeness (QED) is 0.590. The first-order chi connectivity index (χ1) is 7.95. The molecule has 2 fully saturated rings. The van der Waals surface area contributed by atoms with Crippen LogP contribution in [-0.2, 0) is 17.1 Å². The molecule has 0 aromatic rings. The predicted molar refractivity (Wildman–Crippen MR) is 67.9 cm³/mol. The van der Waals surface area contributed by atoms with E-state index in [1.54, 1.807) is 0 Å². The average molecular weight is 281 g/mol. The molecule has 0 spiro atoms. The van der Waals surface area contributed by atoms with Crippen LogP contribution < -0.4 is 10.6 Å². The second-order valence-electron chi connectivity index (χ2n) is 4.89. The molecular formula is C12H26MnN4. The molecule has 2 aliphatic heterocycles. The molecule has 0 amide bonds. The number of nitrogens with zero attached hydrogens (tertiary/aromatic N) is 2. The summed E-state index contributed by atoms with van der Waals surface area (Å²) in [5.74, 6) is 0. The van der Waals surface area contributed by atoms with E-state index in [4.69, 9.17) is 0 Å². The maximum absolute atomic E-state index is 3.54. The van der Waals surface area contributed by atoms with E-state index in [1.165, 1.54) is 65.2 Å². The summed E-state index contributed by atoms with van der Waals surface area (Å²) >= 11 is 0. The van der Waals surface area contributed by atoms with Gasteiger partial charge in [0.15, 0.2) is 0 Å². The first-order valence-electron chi connectivity index (χ1n) is 6.81. The molecular weight excluding hydrogens is 255 g/mol. The largest absolute Gasteiger partial charge is 0.315 e. The fourth-order valence-electron chi connectivity index (χ4n) is 2.53. The van der Waals surface area contributed by atoms with E-state index in [0.717, 1.165) is 13.1 Å². The van der Waals surface area contributed by atoms with Crippen LogP contribution in [0.5, 0.6) is 0 Å². The normalized spacial score (nSPS) is 32.5. The summed E-state index contributed by atoms with van der Waals surface area (Å²) in [7, 11) is 0. The smallest absolute Gasteiger partial charge is 0.0110 e. The van der Waals surface area contributed by atoms with Crippen molar-refractivity contribution < 1.29 is 17.1 Å². The van der Waals surface area contributed by atoms with Crippen molar-refractivity contribution in [2.24, 2.45) is 0 Å². The molecule has 101 valence electrons. The van der Waals surface area contributed by atoms with Crippen LogP contribution in [0.15, 0.2) is 0 Å². The molecule has 2 saturated heterocycles. The molecule has 0 aromatic heterocycles. The van der Waals surface area contributed by atoms with Gasteiger partial charge in [-0.05, 0) is 39.0 Å². The molecule has 0 saturated carbocycles. The first-order valence-corrected chi connectivity index (χ1v) is 6.81. The third-order valence-corrected chi connectivity index (χ3v) is 3.60. The van der Waals surface area contributed by atoms with E-state index >= 15 is 0 Å². The SMILES string of the molecule is C1CNCCN2CCCNCCN(C1)CC2.[Mn]. The summed E-state index contributed by atoms with van der Waals surface area (Å²) in [5, 5.41) is 7.08. The monoisotopic (exact) mass is 281 g/mol. The topological polar surface area (TPSA) is 30.5 Å². The molecule has 2 bridgehead atoms. The van der Waals surface area contributed by atoms with Gasteiger partial charge in [-0.3, -0.25) is 0 Å². The summed E-state index contributed by atoms with van der Waals surface area (Å²) in [6.07, 6.45) is 2.58. The van der Waals surface area contributed by atoms with Gasteiger partial charge in [0, 0.05) is 56.3 Å². The van der Waals surface area contributed by atoms with Crippen molar-refractivity contribution >= 4 is 0 Å². The second-order valence-corrected chi connectivity index (χ2v) is 4.89. The fraction of sp³-hybridized carbons (Fsp3) is 1.00. The summed E-state index contributed by atoms with van der Waals surface area (Å²) in [6.45, 7) is 12.1. The number of fused-ring (bicyclic) bond motifs is 3. The van der Waals surface area contributed by atoms with Gasteiger partial charge in [0.2, 0.25) is 0 Å². The van der Waals surface area contributed by atoms with Crippen LogP contribution in [0, 0.1) is 0 Å². The van der Waals surface area contributed by atoms with Gasteiger partial charge in [0.1, 0.15) is 0 Å². The van der Waals surface area contributed by atoms with Crippen LogP contribution in [0.3, 0.4) is 0 Å². The Labute approximate surface area is 116 Å². The van der Waals surface area contributed by atoms with Crippen molar-refractivity contribution in [3.63, 3.8) is 0 Å². The average Bonchev–Trinajstić information content (AvgIpc) is 2.33. The zero-order valence-corrected chi connectivity index (χ0v) is 11.9. The van der Waals surface area contributed by atoms with E-state index < -0.39 is 0 Å². The van der Waals surface area contributed by atoms with Gasteiger partial charge >= 0.3 is 0 Å². The minimum absolute atomic E-state index is 0. The Morgan fingerprint density at radius 3 is 1.47 bits per heavy atom. The van der Waals surface area contributed by atoms with Crippen molar-refractivity contribution in [1.82, 2.24) is 20.4 Å². The maximum atomic E-state index is 3.54. The van der Waals surface area contributed by atoms with Crippen LogP contribution in [-0.4, -0.2) is 75.2 Å². The van der Waals surface area contributed by atoms with Gasteiger partial charge in [0.25, 0.3) is 0 Å². The van der Waals surface area contributed by atoms with Gasteiger partial charge in [-0.2, -0.15) is 0 Å². The second kappa shape index (κ2) is 9.31. The Morgan fingerprint density at radius 2 is 1.00 bits per heavy atom. The molecule has 2 N–H and O–H groups in total. The van der Waals surface area contributed by atoms with E-state index in [-0.39, 0.29) is 17.1 Å². The Morgan fingerprint density at radius 1 is 0.529 bits per heavy atom. The molecule has 0 aromatic carbocycles. The molecule has 0 aliphatic carbocycles. The van der Waals surface area contributed by atoms with Gasteiger partial charge in [-0.25, -0.2) is 0 Å². The van der Waals surface area contributed by atoms with Crippen molar-refractivity contribution in [3.8, 4) is 0 Å². The van der Waals surface area contributed by atoms with Crippen molar-refractivity contribution in [2.75, 3.05) is 65.4 Å². The number of nitrogens with one attached hydrogen (secondary N) is 2. The molecule has 2 aliphatic rings. The minimum atomic E-state index is 0. The van der Waals surface area contributed by atoms with Crippen LogP contribution in [0.4, 0.5) is 0 Å². The van der Waals surface area contributed by atoms with Crippen molar-refractivity contribution in [1.29, 1.82) is 0 Å². The van der Waals surface area contributed by atoms with Crippen LogP contribution >= 0.6 is 0 Å². The standard InChI is InChI=1S/C12H26N4.Mn/c1-3-13-5-10-16-8-2-4-14-6-9-15(7-1)11-12-16;/h13-14H,1-12H2;. The Balaban J connectivity index is 0.00000144. The molecule has 17 heavy (non-hydrogen) atoms. The first kappa shape index (κ1) is 15.4. The van der Waals surface area contributed by atoms with Crippen LogP contribution in [0.25, 0.3) is 0 Å². The molecule has 2 rings (SSSR count). The summed E-state index contributed by atoms with van der Waals surface area (Å²) in [4.78, 5) is 5.22. The number of hydrogen-bond acceptors (Lipinski definition) is 4. The molecule has 2 atom stereocenters. The van der Waals surface area contributed by atoms with Crippen LogP contribution in [0.2, 0.25) is 0 Å². The zero-order chi connectivity index (χ0) is 11.1. The number of rotatable bonds is 0. The van der Waals surface area contributed by atoms with Crippen LogP contribution in [0.1, 0.15) is 12.8 Å². The van der Waals surface area contributed by atoms with Gasteiger partial charge in [0.05, 0.1) is 0 Å². The summed E-state index contributed by atoms with van der Waals surface area (Å²) in [6, 6.07) is 0. The van der Waals surface area contributed by atoms with Crippen molar-refractivity contribution in [3.05, 3.63) is 0 Å². The Bertz CT molecular complexity index is 155.